The van der Waals surface area contributed by atoms with Crippen LogP contribution in [0, 0.1) is 0 Å². The Labute approximate surface area is 151 Å². The lowest BCUT2D eigenvalue weighted by molar-refractivity contribution is 0.585. The van der Waals surface area contributed by atoms with Crippen molar-refractivity contribution < 1.29 is 0 Å². The molecule has 5 heteroatoms. The maximum absolute atomic E-state index is 5.09. The van der Waals surface area contributed by atoms with E-state index in [0.29, 0.717) is 0 Å². The van der Waals surface area contributed by atoms with Crippen molar-refractivity contribution in [2.75, 3.05) is 31.1 Å². The van der Waals surface area contributed by atoms with Crippen LogP contribution in [0.2, 0.25) is 0 Å². The largest absolute Gasteiger partial charge is 0.354 e. The number of nitrogens with zero attached hydrogens (tertiary/aromatic N) is 3. The average molecular weight is 350 g/mol. The van der Waals surface area contributed by atoms with Crippen LogP contribution in [-0.2, 0) is 12.8 Å². The number of aryl methyl sites for hydroxylation is 2. The summed E-state index contributed by atoms with van der Waals surface area (Å²) in [5.41, 5.74) is 4.14. The molecule has 1 fully saturated rings. The summed E-state index contributed by atoms with van der Waals surface area (Å²) in [5, 5.41) is 4.83. The van der Waals surface area contributed by atoms with E-state index in [-0.39, 0.29) is 0 Å². The second kappa shape index (κ2) is 6.39. The van der Waals surface area contributed by atoms with E-state index in [1.807, 2.05) is 23.7 Å². The summed E-state index contributed by atoms with van der Waals surface area (Å²) in [5.74, 6) is 1.12. The minimum absolute atomic E-state index is 1.03. The highest BCUT2D eigenvalue weighted by molar-refractivity contribution is 7.19. The van der Waals surface area contributed by atoms with Crippen LogP contribution in [0.5, 0.6) is 0 Å². The smallest absolute Gasteiger partial charge is 0.130 e. The molecule has 5 rings (SSSR count). The van der Waals surface area contributed by atoms with Crippen molar-refractivity contribution in [3.05, 3.63) is 41.0 Å². The molecule has 0 amide bonds. The number of pyridine rings is 2. The van der Waals surface area contributed by atoms with Crippen LogP contribution in [0.15, 0.2) is 30.6 Å². The van der Waals surface area contributed by atoms with Gasteiger partial charge in [0.25, 0.3) is 0 Å². The van der Waals surface area contributed by atoms with E-state index >= 15 is 0 Å². The van der Waals surface area contributed by atoms with Gasteiger partial charge in [0.1, 0.15) is 10.6 Å². The number of fused-ring (bicyclic) bond motifs is 3. The average Bonchev–Trinajstić information content (AvgIpc) is 3.07. The monoisotopic (exact) mass is 350 g/mol. The summed E-state index contributed by atoms with van der Waals surface area (Å²) in [4.78, 5) is 14.5. The molecule has 2 aliphatic rings. The Balaban J connectivity index is 1.73. The van der Waals surface area contributed by atoms with Crippen LogP contribution in [0.1, 0.15) is 23.3 Å². The van der Waals surface area contributed by atoms with Crippen molar-refractivity contribution in [3.63, 3.8) is 0 Å². The molecular weight excluding hydrogens is 328 g/mol. The molecule has 0 unspecified atom stereocenters. The number of anilines is 1. The fourth-order valence-electron chi connectivity index (χ4n) is 4.06. The molecule has 25 heavy (non-hydrogen) atoms. The first-order valence-electron chi connectivity index (χ1n) is 9.21. The minimum atomic E-state index is 1.03. The van der Waals surface area contributed by atoms with Gasteiger partial charge >= 0.3 is 0 Å². The van der Waals surface area contributed by atoms with E-state index < -0.39 is 0 Å². The van der Waals surface area contributed by atoms with Crippen LogP contribution in [0.25, 0.3) is 21.3 Å². The lowest BCUT2D eigenvalue weighted by Crippen LogP contribution is -2.43. The number of nitrogens with one attached hydrogen (secondary N) is 1. The van der Waals surface area contributed by atoms with Crippen LogP contribution in [-0.4, -0.2) is 36.1 Å². The summed E-state index contributed by atoms with van der Waals surface area (Å²) in [6.07, 6.45) is 8.82. The van der Waals surface area contributed by atoms with Crippen molar-refractivity contribution in [2.45, 2.75) is 25.7 Å². The molecule has 4 heterocycles. The SMILES string of the molecule is c1cc(-c2cc(N3CCNCC3)nc3sc4c(c23)CCCC4)ccn1. The standard InChI is InChI=1S/C20H22N4S/c1-2-4-17-15(3-1)19-16(14-5-7-21-8-6-14)13-18(23-20(19)25-17)24-11-9-22-10-12-24/h5-8,13,22H,1-4,9-12H2. The summed E-state index contributed by atoms with van der Waals surface area (Å²) in [6.45, 7) is 4.12. The van der Waals surface area contributed by atoms with Crippen molar-refractivity contribution in [2.24, 2.45) is 0 Å². The molecular formula is C20H22N4S. The molecule has 0 bridgehead atoms. The Bertz CT molecular complexity index is 897. The third-order valence-corrected chi connectivity index (χ3v) is 6.53. The van der Waals surface area contributed by atoms with Gasteiger partial charge in [0.15, 0.2) is 0 Å². The Morgan fingerprint density at radius 2 is 1.84 bits per heavy atom. The molecule has 128 valence electrons. The van der Waals surface area contributed by atoms with Gasteiger partial charge in [-0.05, 0) is 60.6 Å². The maximum Gasteiger partial charge on any atom is 0.130 e. The van der Waals surface area contributed by atoms with Crippen LogP contribution in [0.3, 0.4) is 0 Å². The summed E-state index contributed by atoms with van der Waals surface area (Å²) < 4.78 is 0. The Kier molecular flexibility index (Phi) is 3.91. The Morgan fingerprint density at radius 1 is 1.04 bits per heavy atom. The van der Waals surface area contributed by atoms with E-state index in [1.54, 1.807) is 10.4 Å². The molecule has 1 aliphatic carbocycles. The summed E-state index contributed by atoms with van der Waals surface area (Å²) >= 11 is 1.92. The van der Waals surface area contributed by atoms with Gasteiger partial charge in [-0.25, -0.2) is 4.98 Å². The quantitative estimate of drug-likeness (QED) is 0.766. The van der Waals surface area contributed by atoms with Crippen molar-refractivity contribution in [3.8, 4) is 11.1 Å². The molecule has 0 spiro atoms. The number of hydrogen-bond acceptors (Lipinski definition) is 5. The number of rotatable bonds is 2. The molecule has 3 aromatic heterocycles. The third kappa shape index (κ3) is 2.71. The first kappa shape index (κ1) is 15.3. The van der Waals surface area contributed by atoms with Gasteiger partial charge in [-0.3, -0.25) is 4.98 Å². The Morgan fingerprint density at radius 3 is 2.68 bits per heavy atom. The molecule has 0 saturated carbocycles. The molecule has 0 aromatic carbocycles. The molecule has 1 aliphatic heterocycles. The lowest BCUT2D eigenvalue weighted by atomic mass is 9.93. The fraction of sp³-hybridized carbons (Fsp3) is 0.400. The van der Waals surface area contributed by atoms with E-state index in [0.717, 1.165) is 32.0 Å². The number of hydrogen-bond donors (Lipinski definition) is 1. The molecule has 0 atom stereocenters. The van der Waals surface area contributed by atoms with Gasteiger partial charge in [0, 0.05) is 48.8 Å². The van der Waals surface area contributed by atoms with Crippen molar-refractivity contribution in [1.29, 1.82) is 0 Å². The minimum Gasteiger partial charge on any atom is -0.354 e. The van der Waals surface area contributed by atoms with Crippen molar-refractivity contribution in [1.82, 2.24) is 15.3 Å². The Hall–Kier alpha value is -1.98. The van der Waals surface area contributed by atoms with Gasteiger partial charge < -0.3 is 10.2 Å². The molecule has 4 nitrogen and oxygen atoms in total. The molecule has 0 radical (unpaired) electrons. The normalized spacial score (nSPS) is 17.7. The summed E-state index contributed by atoms with van der Waals surface area (Å²) in [7, 11) is 0. The van der Waals surface area contributed by atoms with Crippen molar-refractivity contribution >= 4 is 27.4 Å². The van der Waals surface area contributed by atoms with E-state index in [9.17, 15) is 0 Å². The lowest BCUT2D eigenvalue weighted by Gasteiger charge is -2.29. The molecule has 1 N–H and O–H groups in total. The predicted octanol–water partition coefficient (Wildman–Crippen LogP) is 3.65. The highest BCUT2D eigenvalue weighted by atomic mass is 32.1. The first-order chi connectivity index (χ1) is 12.4. The molecule has 1 saturated heterocycles. The van der Waals surface area contributed by atoms with E-state index in [4.69, 9.17) is 4.98 Å². The van der Waals surface area contributed by atoms with E-state index in [2.05, 4.69) is 33.4 Å². The van der Waals surface area contributed by atoms with E-state index in [1.165, 1.54) is 47.0 Å². The molecule has 3 aromatic rings. The number of piperazine rings is 1. The van der Waals surface area contributed by atoms with Crippen LogP contribution < -0.4 is 10.2 Å². The fourth-order valence-corrected chi connectivity index (χ4v) is 5.34. The topological polar surface area (TPSA) is 41.0 Å². The number of aromatic nitrogens is 2. The van der Waals surface area contributed by atoms with Crippen LogP contribution in [0.4, 0.5) is 5.82 Å². The zero-order valence-electron chi connectivity index (χ0n) is 14.3. The van der Waals surface area contributed by atoms with Crippen LogP contribution >= 0.6 is 11.3 Å². The van der Waals surface area contributed by atoms with Gasteiger partial charge in [0.05, 0.1) is 0 Å². The first-order valence-corrected chi connectivity index (χ1v) is 10.0. The van der Waals surface area contributed by atoms with Gasteiger partial charge in [-0.1, -0.05) is 0 Å². The second-order valence-corrected chi connectivity index (χ2v) is 7.98. The van der Waals surface area contributed by atoms with Gasteiger partial charge in [-0.2, -0.15) is 0 Å². The highest BCUT2D eigenvalue weighted by Gasteiger charge is 2.22. The second-order valence-electron chi connectivity index (χ2n) is 6.89. The predicted molar refractivity (Wildman–Crippen MR) is 105 cm³/mol. The summed E-state index contributed by atoms with van der Waals surface area (Å²) in [6, 6.07) is 6.57. The highest BCUT2D eigenvalue weighted by Crippen LogP contribution is 2.42. The van der Waals surface area contributed by atoms with Gasteiger partial charge in [0.2, 0.25) is 0 Å². The zero-order valence-corrected chi connectivity index (χ0v) is 15.1. The maximum atomic E-state index is 5.09. The zero-order chi connectivity index (χ0) is 16.6. The third-order valence-electron chi connectivity index (χ3n) is 5.34. The van der Waals surface area contributed by atoms with Gasteiger partial charge in [-0.15, -0.1) is 11.3 Å². The number of thiophene rings is 1.